The van der Waals surface area contributed by atoms with Gasteiger partial charge in [0.25, 0.3) is 0 Å². The summed E-state index contributed by atoms with van der Waals surface area (Å²) in [5, 5.41) is 8.40. The maximum atomic E-state index is 6.65. The van der Waals surface area contributed by atoms with Crippen LogP contribution in [0.5, 0.6) is 0 Å². The van der Waals surface area contributed by atoms with Gasteiger partial charge in [0, 0.05) is 95.7 Å². The molecule has 0 fully saturated rings. The monoisotopic (exact) mass is 636 g/mol. The summed E-state index contributed by atoms with van der Waals surface area (Å²) in [6, 6.07) is 2.47. The maximum absolute atomic E-state index is 6.65. The summed E-state index contributed by atoms with van der Waals surface area (Å²) in [6.07, 6.45) is 3.52. The summed E-state index contributed by atoms with van der Waals surface area (Å²) < 4.78 is 6.65. The first-order valence-electron chi connectivity index (χ1n) is 17.4. The fourth-order valence-corrected chi connectivity index (χ4v) is 13.2. The van der Waals surface area contributed by atoms with Gasteiger partial charge in [0.05, 0.1) is 29.3 Å². The first kappa shape index (κ1) is 27.2. The highest BCUT2D eigenvalue weighted by Crippen LogP contribution is 2.74. The number of aliphatic imine (C=N–C) groups is 1. The third-order valence-electron chi connectivity index (χ3n) is 13.4. The molecule has 0 amide bonds. The Balaban J connectivity index is 1.45. The van der Waals surface area contributed by atoms with E-state index in [1.807, 2.05) is 7.11 Å². The summed E-state index contributed by atoms with van der Waals surface area (Å²) in [7, 11) is 8.44. The van der Waals surface area contributed by atoms with E-state index in [1.165, 1.54) is 100 Å². The Kier molecular flexibility index (Phi) is 4.89. The predicted molar refractivity (Wildman–Crippen MR) is 193 cm³/mol. The van der Waals surface area contributed by atoms with Gasteiger partial charge in [-0.05, 0) is 101 Å². The van der Waals surface area contributed by atoms with Crippen LogP contribution in [-0.4, -0.2) is 43.8 Å². The van der Waals surface area contributed by atoms with Crippen molar-refractivity contribution in [1.82, 2.24) is 15.2 Å². The Morgan fingerprint density at radius 1 is 0.979 bits per heavy atom. The Labute approximate surface area is 280 Å². The number of rotatable bonds is 4. The van der Waals surface area contributed by atoms with Crippen LogP contribution >= 0.6 is 11.8 Å². The number of hydrogen-bond donors (Lipinski definition) is 1. The number of ether oxygens (including phenoxy) is 1. The second-order valence-corrected chi connectivity index (χ2v) is 16.3. The molecule has 3 heterocycles. The zero-order valence-corrected chi connectivity index (χ0v) is 29.5. The molecule has 2 aromatic carbocycles. The van der Waals surface area contributed by atoms with Crippen LogP contribution in [0.2, 0.25) is 0 Å². The summed E-state index contributed by atoms with van der Waals surface area (Å²) in [5.74, 6) is 3.50. The molecule has 2 aliphatic heterocycles. The number of nitrogens with one attached hydrogen (secondary N) is 1. The molecule has 0 bridgehead atoms. The molecule has 6 unspecified atom stereocenters. The van der Waals surface area contributed by atoms with Crippen LogP contribution in [0, 0.1) is 38.5 Å². The van der Waals surface area contributed by atoms with Crippen LogP contribution in [0.25, 0.3) is 27.4 Å². The van der Waals surface area contributed by atoms with Crippen LogP contribution in [-0.2, 0) is 10.5 Å². The number of fused-ring (bicyclic) bond motifs is 1. The van der Waals surface area contributed by atoms with Gasteiger partial charge in [0.15, 0.2) is 0 Å². The van der Waals surface area contributed by atoms with Gasteiger partial charge in [-0.2, -0.15) is 0 Å². The second-order valence-electron chi connectivity index (χ2n) is 15.2. The molecular formula is C41H40N4OS. The molecule has 3 aromatic rings. The van der Waals surface area contributed by atoms with E-state index in [2.05, 4.69) is 89.9 Å². The summed E-state index contributed by atoms with van der Waals surface area (Å²) in [5.41, 5.74) is 25.2. The first-order chi connectivity index (χ1) is 22.7. The van der Waals surface area contributed by atoms with E-state index < -0.39 is 0 Å². The number of allylic oxidation sites excluding steroid dienone is 7. The van der Waals surface area contributed by atoms with Crippen molar-refractivity contribution in [2.24, 2.45) is 22.7 Å². The van der Waals surface area contributed by atoms with Gasteiger partial charge in [0.2, 0.25) is 0 Å². The highest BCUT2D eigenvalue weighted by atomic mass is 32.2. The first-order valence-corrected chi connectivity index (χ1v) is 18.5. The zero-order valence-electron chi connectivity index (χ0n) is 28.7. The van der Waals surface area contributed by atoms with Crippen molar-refractivity contribution in [2.75, 3.05) is 28.3 Å². The fourth-order valence-electron chi connectivity index (χ4n) is 11.8. The molecule has 236 valence electrons. The average Bonchev–Trinajstić information content (AvgIpc) is 3.49. The van der Waals surface area contributed by atoms with Gasteiger partial charge in [-0.15, -0.1) is 11.8 Å². The van der Waals surface area contributed by atoms with Crippen LogP contribution in [0.1, 0.15) is 82.0 Å². The van der Waals surface area contributed by atoms with Crippen LogP contribution in [0.15, 0.2) is 62.1 Å². The number of hydrogen-bond acceptors (Lipinski definition) is 6. The molecule has 11 rings (SSSR count). The van der Waals surface area contributed by atoms with Gasteiger partial charge in [-0.25, -0.2) is 0 Å². The molecular weight excluding hydrogens is 597 g/mol. The third kappa shape index (κ3) is 2.70. The Hall–Kier alpha value is -3.77. The second kappa shape index (κ2) is 8.44. The molecule has 0 saturated carbocycles. The summed E-state index contributed by atoms with van der Waals surface area (Å²) in [6.45, 7) is 11.6. The number of benzene rings is 2. The smallest absolute Gasteiger partial charge is 0.132 e. The van der Waals surface area contributed by atoms with E-state index in [1.54, 1.807) is 16.7 Å². The van der Waals surface area contributed by atoms with Gasteiger partial charge >= 0.3 is 0 Å². The maximum Gasteiger partial charge on any atom is 0.132 e. The molecule has 6 atom stereocenters. The number of nitrogens with zero attached hydrogens (tertiary/aromatic N) is 3. The SMILES string of the molecule is CCC1C2=NC(C)=C3C4SCc5nc6c(C)c(C)c7cc(C)c8c9c7c6c(c54)C4C3C2=C2C(=C1NC)C=C(N(C)C)C(=C8OC)C2C94. The van der Waals surface area contributed by atoms with Crippen molar-refractivity contribution in [3.8, 4) is 0 Å². The van der Waals surface area contributed by atoms with Gasteiger partial charge in [-0.1, -0.05) is 13.0 Å². The van der Waals surface area contributed by atoms with Crippen LogP contribution in [0.4, 0.5) is 0 Å². The van der Waals surface area contributed by atoms with Gasteiger partial charge in [-0.3, -0.25) is 9.98 Å². The molecule has 8 aliphatic rings. The molecule has 0 spiro atoms. The molecule has 47 heavy (non-hydrogen) atoms. The number of aryl methyl sites for hydroxylation is 3. The lowest BCUT2D eigenvalue weighted by molar-refractivity contribution is 0.309. The lowest BCUT2D eigenvalue weighted by Gasteiger charge is -2.59. The largest absolute Gasteiger partial charge is 0.496 e. The lowest BCUT2D eigenvalue weighted by Crippen LogP contribution is -2.50. The minimum Gasteiger partial charge on any atom is -0.496 e. The van der Waals surface area contributed by atoms with Gasteiger partial charge in [0.1, 0.15) is 5.76 Å². The molecule has 1 aromatic heterocycles. The van der Waals surface area contributed by atoms with E-state index in [0.29, 0.717) is 23.0 Å². The van der Waals surface area contributed by atoms with Crippen molar-refractivity contribution in [1.29, 1.82) is 0 Å². The molecule has 0 saturated heterocycles. The topological polar surface area (TPSA) is 49.8 Å². The minimum absolute atomic E-state index is 0.196. The number of thioether (sulfide) groups is 1. The van der Waals surface area contributed by atoms with E-state index in [-0.39, 0.29) is 11.8 Å². The number of methoxy groups -OCH3 is 1. The number of pyridine rings is 1. The summed E-state index contributed by atoms with van der Waals surface area (Å²) >= 11 is 2.10. The molecule has 6 aliphatic carbocycles. The van der Waals surface area contributed by atoms with E-state index >= 15 is 0 Å². The number of aromatic nitrogens is 1. The van der Waals surface area contributed by atoms with E-state index in [9.17, 15) is 0 Å². The fraction of sp³-hybridized carbons (Fsp3) is 0.415. The quantitative estimate of drug-likeness (QED) is 0.292. The van der Waals surface area contributed by atoms with E-state index in [4.69, 9.17) is 14.7 Å². The molecule has 5 nitrogen and oxygen atoms in total. The lowest BCUT2D eigenvalue weighted by atomic mass is 9.45. The average molecular weight is 637 g/mol. The van der Waals surface area contributed by atoms with Crippen molar-refractivity contribution in [2.45, 2.75) is 63.9 Å². The Morgan fingerprint density at radius 2 is 1.77 bits per heavy atom. The third-order valence-corrected chi connectivity index (χ3v) is 14.6. The van der Waals surface area contributed by atoms with Crippen molar-refractivity contribution in [3.63, 3.8) is 0 Å². The normalized spacial score (nSPS) is 29.6. The molecule has 1 N–H and O–H groups in total. The van der Waals surface area contributed by atoms with Crippen molar-refractivity contribution >= 4 is 44.9 Å². The standard InChI is InChI=1S/C41H40N4OS/c1-10-18-38(42-6)20-12-22(45(7)8)28-31-26(20)36-30-24(17(5)43-39(18)36)41-27-21(13-47-41)44-37-16(4)15(3)19-11-14(2)23(40(28)46-9)29-25(19)35(37)32(27)34(30)33(29)31/h11-12,18,30-31,33-34,41-42H,10,13H2,1-9H3. The van der Waals surface area contributed by atoms with Crippen LogP contribution < -0.4 is 5.32 Å². The van der Waals surface area contributed by atoms with E-state index in [0.717, 1.165) is 17.9 Å². The van der Waals surface area contributed by atoms with Crippen molar-refractivity contribution in [3.05, 3.63) is 102 Å². The minimum atomic E-state index is 0.196. The highest BCUT2D eigenvalue weighted by molar-refractivity contribution is 7.99. The Bertz CT molecular complexity index is 2360. The molecule has 0 radical (unpaired) electrons. The van der Waals surface area contributed by atoms with Crippen LogP contribution in [0.3, 0.4) is 0 Å². The van der Waals surface area contributed by atoms with Crippen molar-refractivity contribution < 1.29 is 4.74 Å². The Morgan fingerprint density at radius 3 is 2.49 bits per heavy atom. The van der Waals surface area contributed by atoms with Gasteiger partial charge < -0.3 is 15.0 Å². The zero-order chi connectivity index (χ0) is 32.1. The number of likely N-dealkylation sites (N-methyl/N-ethyl adjacent to an activating group) is 1. The molecule has 6 heteroatoms. The predicted octanol–water partition coefficient (Wildman–Crippen LogP) is 8.41. The highest BCUT2D eigenvalue weighted by Gasteiger charge is 2.63. The summed E-state index contributed by atoms with van der Waals surface area (Å²) in [4.78, 5) is 13.6.